The Morgan fingerprint density at radius 2 is 1.95 bits per heavy atom. The van der Waals surface area contributed by atoms with Gasteiger partial charge in [-0.15, -0.1) is 0 Å². The zero-order chi connectivity index (χ0) is 14.8. The first-order valence-electron chi connectivity index (χ1n) is 6.82. The third-order valence-corrected chi connectivity index (χ3v) is 3.26. The van der Waals surface area contributed by atoms with Crippen molar-refractivity contribution in [1.82, 2.24) is 4.98 Å². The van der Waals surface area contributed by atoms with Gasteiger partial charge in [0.1, 0.15) is 5.76 Å². The Hall–Kier alpha value is -2.62. The summed E-state index contributed by atoms with van der Waals surface area (Å²) in [5.41, 5.74) is 1.08. The second-order valence-corrected chi connectivity index (χ2v) is 4.71. The first-order chi connectivity index (χ1) is 10.2. The summed E-state index contributed by atoms with van der Waals surface area (Å²) < 4.78 is 10.6. The Bertz CT molecular complexity index is 805. The molecule has 0 bridgehead atoms. The maximum absolute atomic E-state index is 11.8. The first-order valence-corrected chi connectivity index (χ1v) is 6.82. The van der Waals surface area contributed by atoms with Crippen LogP contribution in [0.2, 0.25) is 0 Å². The maximum atomic E-state index is 11.8. The van der Waals surface area contributed by atoms with Crippen molar-refractivity contribution in [1.29, 1.82) is 0 Å². The van der Waals surface area contributed by atoms with Crippen LogP contribution in [0.5, 0.6) is 0 Å². The second kappa shape index (κ2) is 5.40. The van der Waals surface area contributed by atoms with E-state index in [-0.39, 0.29) is 5.69 Å². The van der Waals surface area contributed by atoms with E-state index >= 15 is 0 Å². The van der Waals surface area contributed by atoms with Crippen molar-refractivity contribution >= 4 is 16.7 Å². The van der Waals surface area contributed by atoms with Crippen molar-refractivity contribution in [2.45, 2.75) is 13.8 Å². The van der Waals surface area contributed by atoms with Gasteiger partial charge in [-0.3, -0.25) is 0 Å². The molecule has 0 saturated heterocycles. The molecule has 106 valence electrons. The number of benzene rings is 2. The van der Waals surface area contributed by atoms with Gasteiger partial charge in [-0.2, -0.15) is 0 Å². The molecule has 3 aromatic rings. The molecule has 0 fully saturated rings. The molecule has 0 aliphatic heterocycles. The van der Waals surface area contributed by atoms with Gasteiger partial charge >= 0.3 is 5.97 Å². The molecule has 0 N–H and O–H groups in total. The summed E-state index contributed by atoms with van der Waals surface area (Å²) in [6.45, 7) is 3.79. The molecule has 0 saturated carbocycles. The highest BCUT2D eigenvalue weighted by Crippen LogP contribution is 2.25. The van der Waals surface area contributed by atoms with Crippen LogP contribution in [-0.2, 0) is 4.74 Å². The second-order valence-electron chi connectivity index (χ2n) is 4.71. The average Bonchev–Trinajstić information content (AvgIpc) is 2.89. The van der Waals surface area contributed by atoms with Gasteiger partial charge in [-0.05, 0) is 36.8 Å². The van der Waals surface area contributed by atoms with E-state index < -0.39 is 5.97 Å². The molecule has 0 atom stereocenters. The van der Waals surface area contributed by atoms with Gasteiger partial charge in [0.25, 0.3) is 0 Å². The third kappa shape index (κ3) is 2.52. The summed E-state index contributed by atoms with van der Waals surface area (Å²) in [4.78, 5) is 16.0. The molecule has 4 nitrogen and oxygen atoms in total. The molecule has 21 heavy (non-hydrogen) atoms. The molecule has 1 aromatic heterocycles. The van der Waals surface area contributed by atoms with Gasteiger partial charge in [0.05, 0.1) is 6.61 Å². The van der Waals surface area contributed by atoms with Crippen LogP contribution in [0.25, 0.3) is 22.2 Å². The zero-order valence-electron chi connectivity index (χ0n) is 11.9. The molecule has 0 spiro atoms. The normalized spacial score (nSPS) is 10.8. The number of aromatic nitrogens is 1. The highest BCUT2D eigenvalue weighted by molar-refractivity contribution is 5.90. The number of aryl methyl sites for hydroxylation is 1. The number of carbonyl (C=O) groups excluding carboxylic acids is 1. The summed E-state index contributed by atoms with van der Waals surface area (Å²) in [6.07, 6.45) is 0. The van der Waals surface area contributed by atoms with Crippen molar-refractivity contribution in [3.8, 4) is 11.5 Å². The molecule has 1 heterocycles. The highest BCUT2D eigenvalue weighted by Gasteiger charge is 2.19. The molecule has 3 rings (SSSR count). The lowest BCUT2D eigenvalue weighted by Gasteiger charge is -1.99. The van der Waals surface area contributed by atoms with Crippen molar-refractivity contribution in [3.63, 3.8) is 0 Å². The van der Waals surface area contributed by atoms with Gasteiger partial charge in [0, 0.05) is 5.56 Å². The molecule has 4 heteroatoms. The van der Waals surface area contributed by atoms with Crippen LogP contribution in [0, 0.1) is 6.92 Å². The number of hydrogen-bond donors (Lipinski definition) is 0. The molecule has 0 aliphatic carbocycles. The van der Waals surface area contributed by atoms with E-state index in [1.54, 1.807) is 13.8 Å². The number of carbonyl (C=O) groups is 1. The van der Waals surface area contributed by atoms with Crippen LogP contribution in [0.3, 0.4) is 0 Å². The predicted octanol–water partition coefficient (Wildman–Crippen LogP) is 3.98. The van der Waals surface area contributed by atoms with Crippen LogP contribution in [0.4, 0.5) is 0 Å². The predicted molar refractivity (Wildman–Crippen MR) is 80.1 cm³/mol. The summed E-state index contributed by atoms with van der Waals surface area (Å²) >= 11 is 0. The first kappa shape index (κ1) is 13.4. The minimum Gasteiger partial charge on any atom is -0.461 e. The minimum absolute atomic E-state index is 0.236. The van der Waals surface area contributed by atoms with E-state index in [4.69, 9.17) is 9.15 Å². The van der Waals surface area contributed by atoms with E-state index in [1.165, 1.54) is 0 Å². The monoisotopic (exact) mass is 281 g/mol. The van der Waals surface area contributed by atoms with Crippen LogP contribution < -0.4 is 0 Å². The summed E-state index contributed by atoms with van der Waals surface area (Å²) in [6, 6.07) is 14.0. The number of nitrogens with zero attached hydrogens (tertiary/aromatic N) is 1. The number of hydrogen-bond acceptors (Lipinski definition) is 4. The Morgan fingerprint density at radius 3 is 2.71 bits per heavy atom. The van der Waals surface area contributed by atoms with Crippen LogP contribution in [0.1, 0.15) is 23.2 Å². The average molecular weight is 281 g/mol. The number of ether oxygens (including phenoxy) is 1. The lowest BCUT2D eigenvalue weighted by molar-refractivity contribution is 0.0518. The van der Waals surface area contributed by atoms with E-state index in [2.05, 4.69) is 4.98 Å². The molecule has 0 radical (unpaired) electrons. The maximum Gasteiger partial charge on any atom is 0.360 e. The molecular formula is C17H15NO3. The van der Waals surface area contributed by atoms with Crippen molar-refractivity contribution < 1.29 is 13.9 Å². The molecular weight excluding hydrogens is 266 g/mol. The molecule has 0 unspecified atom stereocenters. The number of oxazole rings is 1. The molecule has 2 aromatic carbocycles. The van der Waals surface area contributed by atoms with Gasteiger partial charge in [-0.1, -0.05) is 30.3 Å². The number of esters is 1. The van der Waals surface area contributed by atoms with Gasteiger partial charge < -0.3 is 9.15 Å². The van der Waals surface area contributed by atoms with Crippen molar-refractivity contribution in [2.75, 3.05) is 6.61 Å². The Balaban J connectivity index is 2.02. The van der Waals surface area contributed by atoms with Gasteiger partial charge in [0.15, 0.2) is 5.69 Å². The fourth-order valence-corrected chi connectivity index (χ4v) is 2.23. The van der Waals surface area contributed by atoms with Crippen molar-refractivity contribution in [3.05, 3.63) is 53.9 Å². The van der Waals surface area contributed by atoms with E-state index in [1.807, 2.05) is 42.5 Å². The summed E-state index contributed by atoms with van der Waals surface area (Å²) in [5, 5.41) is 2.25. The largest absolute Gasteiger partial charge is 0.461 e. The van der Waals surface area contributed by atoms with Gasteiger partial charge in [-0.25, -0.2) is 9.78 Å². The van der Waals surface area contributed by atoms with E-state index in [0.717, 1.165) is 16.3 Å². The van der Waals surface area contributed by atoms with Crippen molar-refractivity contribution in [2.24, 2.45) is 0 Å². The van der Waals surface area contributed by atoms with E-state index in [0.29, 0.717) is 18.3 Å². The Labute approximate surface area is 122 Å². The third-order valence-electron chi connectivity index (χ3n) is 3.26. The molecule has 0 aliphatic rings. The number of rotatable bonds is 3. The van der Waals surface area contributed by atoms with Crippen LogP contribution in [-0.4, -0.2) is 17.6 Å². The Kier molecular flexibility index (Phi) is 3.44. The smallest absolute Gasteiger partial charge is 0.360 e. The van der Waals surface area contributed by atoms with Crippen LogP contribution >= 0.6 is 0 Å². The topological polar surface area (TPSA) is 52.3 Å². The molecule has 0 amide bonds. The lowest BCUT2D eigenvalue weighted by atomic mass is 10.1. The van der Waals surface area contributed by atoms with Gasteiger partial charge in [0.2, 0.25) is 5.89 Å². The fourth-order valence-electron chi connectivity index (χ4n) is 2.23. The van der Waals surface area contributed by atoms with Crippen LogP contribution in [0.15, 0.2) is 46.9 Å². The summed E-state index contributed by atoms with van der Waals surface area (Å²) in [5.74, 6) is 0.448. The van der Waals surface area contributed by atoms with E-state index in [9.17, 15) is 4.79 Å². The minimum atomic E-state index is -0.453. The SMILES string of the molecule is CCOC(=O)c1nc(-c2ccc3ccccc3c2)oc1C. The summed E-state index contributed by atoms with van der Waals surface area (Å²) in [7, 11) is 0. The quantitative estimate of drug-likeness (QED) is 0.681. The number of fused-ring (bicyclic) bond motifs is 1. The standard InChI is InChI=1S/C17H15NO3/c1-3-20-17(19)15-11(2)21-16(18-15)14-9-8-12-6-4-5-7-13(12)10-14/h4-10H,3H2,1-2H3. The zero-order valence-corrected chi connectivity index (χ0v) is 11.9. The highest BCUT2D eigenvalue weighted by atomic mass is 16.5. The Morgan fingerprint density at radius 1 is 1.19 bits per heavy atom. The fraction of sp³-hybridized carbons (Fsp3) is 0.176. The lowest BCUT2D eigenvalue weighted by Crippen LogP contribution is -2.06.